The lowest BCUT2D eigenvalue weighted by atomic mass is 10.2. The number of amides is 1. The molecule has 9 heteroatoms. The van der Waals surface area contributed by atoms with Crippen molar-refractivity contribution < 1.29 is 4.79 Å². The van der Waals surface area contributed by atoms with Gasteiger partial charge in [0.1, 0.15) is 0 Å². The molecule has 2 saturated heterocycles. The van der Waals surface area contributed by atoms with Crippen LogP contribution in [-0.2, 0) is 4.79 Å². The maximum absolute atomic E-state index is 11.1. The van der Waals surface area contributed by atoms with Crippen molar-refractivity contribution in [3.63, 3.8) is 0 Å². The number of likely N-dealkylation sites (tertiary alicyclic amines) is 1. The van der Waals surface area contributed by atoms with Crippen LogP contribution in [0, 0.1) is 0 Å². The maximum atomic E-state index is 11.1. The number of benzene rings is 1. The van der Waals surface area contributed by atoms with E-state index in [1.807, 2.05) is 17.2 Å². The molecule has 0 bridgehead atoms. The predicted octanol–water partition coefficient (Wildman–Crippen LogP) is 5.10. The van der Waals surface area contributed by atoms with Gasteiger partial charge < -0.3 is 15.1 Å². The van der Waals surface area contributed by atoms with Gasteiger partial charge in [0, 0.05) is 32.7 Å². The lowest BCUT2D eigenvalue weighted by molar-refractivity contribution is -0.122. The van der Waals surface area contributed by atoms with E-state index in [9.17, 15) is 4.79 Å². The van der Waals surface area contributed by atoms with E-state index < -0.39 is 0 Å². The number of nitrogens with one attached hydrogen (secondary N) is 1. The summed E-state index contributed by atoms with van der Waals surface area (Å²) in [5, 5.41) is 6.51. The summed E-state index contributed by atoms with van der Waals surface area (Å²) in [5.74, 6) is 0. The Bertz CT molecular complexity index is 673. The fraction of sp³-hybridized carbons (Fsp3) is 0.550. The minimum absolute atomic E-state index is 0.340. The topological polar surface area (TPSA) is 38.8 Å². The molecule has 0 saturated carbocycles. The Morgan fingerprint density at radius 1 is 1.14 bits per heavy atom. The van der Waals surface area contributed by atoms with Gasteiger partial charge in [0.05, 0.1) is 26.8 Å². The molecule has 1 aromatic rings. The van der Waals surface area contributed by atoms with Crippen molar-refractivity contribution in [2.24, 2.45) is 0 Å². The van der Waals surface area contributed by atoms with Crippen molar-refractivity contribution in [2.45, 2.75) is 25.8 Å². The van der Waals surface area contributed by atoms with Crippen molar-refractivity contribution in [1.82, 2.24) is 14.1 Å². The second-order valence-electron chi connectivity index (χ2n) is 6.94. The molecule has 1 atom stereocenters. The molecule has 3 rings (SSSR count). The molecule has 2 aliphatic rings. The number of carbonyl (C=O) groups is 1. The van der Waals surface area contributed by atoms with Crippen LogP contribution in [0.3, 0.4) is 0 Å². The van der Waals surface area contributed by atoms with Gasteiger partial charge in [0.15, 0.2) is 0 Å². The van der Waals surface area contributed by atoms with Gasteiger partial charge in [0.2, 0.25) is 6.41 Å². The lowest BCUT2D eigenvalue weighted by Gasteiger charge is -2.40. The van der Waals surface area contributed by atoms with E-state index in [2.05, 4.69) is 21.1 Å². The Balaban J connectivity index is 0.000000221. The van der Waals surface area contributed by atoms with Crippen LogP contribution in [-0.4, -0.2) is 72.4 Å². The Hall–Kier alpha value is -0.630. The van der Waals surface area contributed by atoms with Gasteiger partial charge in [0.25, 0.3) is 0 Å². The fourth-order valence-electron chi connectivity index (χ4n) is 3.46. The molecule has 29 heavy (non-hydrogen) atoms. The van der Waals surface area contributed by atoms with Crippen LogP contribution >= 0.6 is 46.8 Å². The summed E-state index contributed by atoms with van der Waals surface area (Å²) in [6.45, 7) is 12.7. The van der Waals surface area contributed by atoms with E-state index in [0.29, 0.717) is 21.1 Å². The maximum Gasteiger partial charge on any atom is 0.210 e. The number of hydrogen-bond donors (Lipinski definition) is 1. The molecular formula is C20H29Cl3N4OS. The summed E-state index contributed by atoms with van der Waals surface area (Å²) in [5.41, 5.74) is 0.813. The molecule has 0 unspecified atom stereocenters. The molecule has 2 heterocycles. The largest absolute Gasteiger partial charge is 0.384 e. The number of rotatable bonds is 7. The summed E-state index contributed by atoms with van der Waals surface area (Å²) in [7, 11) is 0. The average molecular weight is 480 g/mol. The third-order valence-corrected chi connectivity index (χ3v) is 6.71. The second-order valence-corrected chi connectivity index (χ2v) is 9.22. The summed E-state index contributed by atoms with van der Waals surface area (Å²) in [4.78, 5) is 15.5. The highest BCUT2D eigenvalue weighted by Crippen LogP contribution is 2.31. The first-order valence-corrected chi connectivity index (χ1v) is 11.8. The minimum Gasteiger partial charge on any atom is -0.384 e. The SMILES string of the molecule is C=CSN1CCN(C=O)[C@@H](CN2CCCC2)C1.CCNc1cc(Cl)c(Cl)cc1Cl. The lowest BCUT2D eigenvalue weighted by Crippen LogP contribution is -2.54. The van der Waals surface area contributed by atoms with Crippen LogP contribution in [0.25, 0.3) is 0 Å². The van der Waals surface area contributed by atoms with E-state index in [0.717, 1.165) is 44.8 Å². The average Bonchev–Trinajstić information content (AvgIpc) is 3.20. The number of hydrogen-bond acceptors (Lipinski definition) is 5. The zero-order valence-electron chi connectivity index (χ0n) is 16.7. The van der Waals surface area contributed by atoms with E-state index in [4.69, 9.17) is 34.8 Å². The molecule has 0 aliphatic carbocycles. The van der Waals surface area contributed by atoms with E-state index in [1.165, 1.54) is 25.9 Å². The second kappa shape index (κ2) is 12.9. The van der Waals surface area contributed by atoms with Gasteiger partial charge in [-0.15, -0.1) is 0 Å². The first kappa shape index (κ1) is 24.6. The standard InChI is InChI=1S/C12H21N3OS.C8H8Cl3N/c1-2-17-15-8-7-14(11-16)12(10-15)9-13-5-3-4-6-13;1-2-12-8-4-6(10)5(9)3-7(8)11/h2,11-12H,1,3-10H2;3-4,12H,2H2,1H3/t12-;/m0./s1. The van der Waals surface area contributed by atoms with Crippen LogP contribution in [0.1, 0.15) is 19.8 Å². The van der Waals surface area contributed by atoms with Gasteiger partial charge in [-0.3, -0.25) is 4.79 Å². The monoisotopic (exact) mass is 478 g/mol. The molecule has 2 aliphatic heterocycles. The van der Waals surface area contributed by atoms with Crippen LogP contribution in [0.15, 0.2) is 24.1 Å². The molecule has 0 radical (unpaired) electrons. The molecule has 162 valence electrons. The zero-order chi connectivity index (χ0) is 21.2. The van der Waals surface area contributed by atoms with E-state index in [1.54, 1.807) is 24.1 Å². The van der Waals surface area contributed by atoms with Crippen LogP contribution in [0.5, 0.6) is 0 Å². The van der Waals surface area contributed by atoms with Crippen molar-refractivity contribution in [3.05, 3.63) is 39.2 Å². The van der Waals surface area contributed by atoms with Crippen molar-refractivity contribution in [3.8, 4) is 0 Å². The highest BCUT2D eigenvalue weighted by Gasteiger charge is 2.28. The summed E-state index contributed by atoms with van der Waals surface area (Å²) >= 11 is 19.1. The normalized spacial score (nSPS) is 20.1. The first-order chi connectivity index (χ1) is 14.0. The van der Waals surface area contributed by atoms with Gasteiger partial charge in [-0.05, 0) is 50.4 Å². The highest BCUT2D eigenvalue weighted by molar-refractivity contribution is 7.99. The van der Waals surface area contributed by atoms with Crippen LogP contribution < -0.4 is 5.32 Å². The number of halogens is 3. The summed E-state index contributed by atoms with van der Waals surface area (Å²) < 4.78 is 2.30. The molecular weight excluding hydrogens is 451 g/mol. The summed E-state index contributed by atoms with van der Waals surface area (Å²) in [6, 6.07) is 3.69. The molecule has 0 spiro atoms. The molecule has 1 amide bonds. The first-order valence-electron chi connectivity index (χ1n) is 9.82. The Morgan fingerprint density at radius 2 is 1.83 bits per heavy atom. The fourth-order valence-corrected chi connectivity index (χ4v) is 4.72. The van der Waals surface area contributed by atoms with E-state index in [-0.39, 0.29) is 0 Å². The molecule has 1 N–H and O–H groups in total. The van der Waals surface area contributed by atoms with Crippen LogP contribution in [0.4, 0.5) is 5.69 Å². The van der Waals surface area contributed by atoms with Gasteiger partial charge in [-0.2, -0.15) is 0 Å². The minimum atomic E-state index is 0.340. The number of piperazine rings is 1. The van der Waals surface area contributed by atoms with Gasteiger partial charge >= 0.3 is 0 Å². The van der Waals surface area contributed by atoms with Crippen LogP contribution in [0.2, 0.25) is 15.1 Å². The van der Waals surface area contributed by atoms with Gasteiger partial charge in [-0.25, -0.2) is 4.31 Å². The Labute approximate surface area is 193 Å². The predicted molar refractivity (Wildman–Crippen MR) is 127 cm³/mol. The van der Waals surface area contributed by atoms with E-state index >= 15 is 0 Å². The quantitative estimate of drug-likeness (QED) is 0.335. The van der Waals surface area contributed by atoms with Crippen molar-refractivity contribution in [1.29, 1.82) is 0 Å². The van der Waals surface area contributed by atoms with Crippen molar-refractivity contribution >= 4 is 58.8 Å². The third kappa shape index (κ3) is 7.85. The summed E-state index contributed by atoms with van der Waals surface area (Å²) in [6.07, 6.45) is 3.62. The zero-order valence-corrected chi connectivity index (χ0v) is 19.8. The number of anilines is 1. The smallest absolute Gasteiger partial charge is 0.210 e. The molecule has 5 nitrogen and oxygen atoms in total. The highest BCUT2D eigenvalue weighted by atomic mass is 35.5. The van der Waals surface area contributed by atoms with Crippen molar-refractivity contribution in [2.75, 3.05) is 51.1 Å². The number of nitrogens with zero attached hydrogens (tertiary/aromatic N) is 3. The Kier molecular flexibility index (Phi) is 11.0. The third-order valence-electron chi connectivity index (χ3n) is 4.89. The van der Waals surface area contributed by atoms with Gasteiger partial charge in [-0.1, -0.05) is 53.3 Å². The number of carbonyl (C=O) groups excluding carboxylic acids is 1. The molecule has 1 aromatic carbocycles. The molecule has 0 aromatic heterocycles. The molecule has 2 fully saturated rings. The Morgan fingerprint density at radius 3 is 2.45 bits per heavy atom.